The highest BCUT2D eigenvalue weighted by Crippen LogP contribution is 2.27. The van der Waals surface area contributed by atoms with Crippen LogP contribution in [0, 0.1) is 5.92 Å². The van der Waals surface area contributed by atoms with Gasteiger partial charge < -0.3 is 25.6 Å². The summed E-state index contributed by atoms with van der Waals surface area (Å²) in [7, 11) is 1.59. The van der Waals surface area contributed by atoms with E-state index < -0.39 is 5.92 Å². The Morgan fingerprint density at radius 2 is 1.77 bits per heavy atom. The van der Waals surface area contributed by atoms with Crippen LogP contribution in [0.1, 0.15) is 25.8 Å². The van der Waals surface area contributed by atoms with Crippen molar-refractivity contribution >= 4 is 29.2 Å². The van der Waals surface area contributed by atoms with Crippen molar-refractivity contribution in [2.45, 2.75) is 32.9 Å². The summed E-state index contributed by atoms with van der Waals surface area (Å²) in [6.45, 7) is 4.48. The number of amides is 4. The summed E-state index contributed by atoms with van der Waals surface area (Å²) in [4.78, 5) is 38.3. The van der Waals surface area contributed by atoms with E-state index >= 15 is 0 Å². The molecule has 1 saturated heterocycles. The molecule has 2 aromatic carbocycles. The number of anilines is 2. The number of hydrogen-bond acceptors (Lipinski definition) is 4. The molecule has 2 aromatic rings. The maximum atomic E-state index is 12.6. The number of nitrogens with one attached hydrogen (secondary N) is 3. The van der Waals surface area contributed by atoms with E-state index in [0.717, 1.165) is 11.3 Å². The molecule has 1 atom stereocenters. The molecule has 0 saturated carbocycles. The van der Waals surface area contributed by atoms with Crippen LogP contribution in [-0.4, -0.2) is 37.5 Å². The largest absolute Gasteiger partial charge is 0.497 e. The van der Waals surface area contributed by atoms with Crippen LogP contribution in [-0.2, 0) is 16.1 Å². The van der Waals surface area contributed by atoms with Crippen LogP contribution < -0.4 is 25.6 Å². The van der Waals surface area contributed by atoms with Crippen molar-refractivity contribution in [2.24, 2.45) is 5.92 Å². The van der Waals surface area contributed by atoms with E-state index in [1.165, 1.54) is 0 Å². The van der Waals surface area contributed by atoms with Crippen LogP contribution in [0.3, 0.4) is 0 Å². The first-order chi connectivity index (χ1) is 14.9. The molecular weight excluding hydrogens is 396 g/mol. The lowest BCUT2D eigenvalue weighted by Gasteiger charge is -2.17. The van der Waals surface area contributed by atoms with Gasteiger partial charge in [0.15, 0.2) is 0 Å². The summed E-state index contributed by atoms with van der Waals surface area (Å²) in [5, 5.41) is 8.41. The van der Waals surface area contributed by atoms with Crippen molar-refractivity contribution in [1.29, 1.82) is 0 Å². The van der Waals surface area contributed by atoms with Gasteiger partial charge in [0.1, 0.15) is 5.75 Å². The fourth-order valence-corrected chi connectivity index (χ4v) is 3.36. The van der Waals surface area contributed by atoms with E-state index in [0.29, 0.717) is 24.5 Å². The molecule has 8 heteroatoms. The van der Waals surface area contributed by atoms with E-state index in [2.05, 4.69) is 16.0 Å². The van der Waals surface area contributed by atoms with Gasteiger partial charge in [0.25, 0.3) is 0 Å². The number of rotatable bonds is 7. The van der Waals surface area contributed by atoms with E-state index in [1.807, 2.05) is 38.1 Å². The summed E-state index contributed by atoms with van der Waals surface area (Å²) in [6.07, 6.45) is 0.186. The molecule has 0 aromatic heterocycles. The summed E-state index contributed by atoms with van der Waals surface area (Å²) in [5.41, 5.74) is 2.33. The molecular formula is C23H28N4O4. The van der Waals surface area contributed by atoms with Gasteiger partial charge in [-0.3, -0.25) is 9.59 Å². The second kappa shape index (κ2) is 9.97. The van der Waals surface area contributed by atoms with E-state index in [4.69, 9.17) is 4.74 Å². The van der Waals surface area contributed by atoms with Gasteiger partial charge in [-0.05, 0) is 55.8 Å². The van der Waals surface area contributed by atoms with Crippen molar-refractivity contribution in [1.82, 2.24) is 10.6 Å². The Hall–Kier alpha value is -3.55. The quantitative estimate of drug-likeness (QED) is 0.636. The summed E-state index contributed by atoms with van der Waals surface area (Å²) >= 11 is 0. The highest BCUT2D eigenvalue weighted by atomic mass is 16.5. The van der Waals surface area contributed by atoms with E-state index in [9.17, 15) is 14.4 Å². The Labute approximate surface area is 182 Å². The fraction of sp³-hybridized carbons (Fsp3) is 0.348. The van der Waals surface area contributed by atoms with E-state index in [1.54, 1.807) is 36.3 Å². The van der Waals surface area contributed by atoms with Crippen molar-refractivity contribution in [3.05, 3.63) is 54.1 Å². The Morgan fingerprint density at radius 1 is 1.10 bits per heavy atom. The SMILES string of the molecule is COc1ccc(N2CC(C(=O)NCc3ccc(NC(=O)NC(C)C)cc3)CC2=O)cc1. The standard InChI is InChI=1S/C23H28N4O4/c1-15(2)25-23(30)26-18-6-4-16(5-7-18)13-24-22(29)17-12-21(28)27(14-17)19-8-10-20(31-3)11-9-19/h4-11,15,17H,12-14H2,1-3H3,(H,24,29)(H2,25,26,30). The van der Waals surface area contributed by atoms with Crippen LogP contribution in [0.4, 0.5) is 16.2 Å². The zero-order chi connectivity index (χ0) is 22.4. The molecule has 1 unspecified atom stereocenters. The van der Waals surface area contributed by atoms with Crippen LogP contribution in [0.5, 0.6) is 5.75 Å². The molecule has 0 spiro atoms. The third-order valence-electron chi connectivity index (χ3n) is 4.98. The molecule has 31 heavy (non-hydrogen) atoms. The molecule has 8 nitrogen and oxygen atoms in total. The smallest absolute Gasteiger partial charge is 0.319 e. The first kappa shape index (κ1) is 22.1. The Kier molecular flexibility index (Phi) is 7.12. The zero-order valence-corrected chi connectivity index (χ0v) is 18.0. The van der Waals surface area contributed by atoms with Gasteiger partial charge in [0, 0.05) is 36.9 Å². The average Bonchev–Trinajstić information content (AvgIpc) is 3.14. The van der Waals surface area contributed by atoms with Gasteiger partial charge in [-0.1, -0.05) is 12.1 Å². The lowest BCUT2D eigenvalue weighted by molar-refractivity contribution is -0.126. The molecule has 3 N–H and O–H groups in total. The zero-order valence-electron chi connectivity index (χ0n) is 18.0. The van der Waals surface area contributed by atoms with Gasteiger partial charge in [0.05, 0.1) is 13.0 Å². The van der Waals surface area contributed by atoms with Gasteiger partial charge in [-0.15, -0.1) is 0 Å². The molecule has 1 heterocycles. The Morgan fingerprint density at radius 3 is 2.39 bits per heavy atom. The monoisotopic (exact) mass is 424 g/mol. The number of hydrogen-bond donors (Lipinski definition) is 3. The third kappa shape index (κ3) is 5.97. The minimum absolute atomic E-state index is 0.0533. The van der Waals surface area contributed by atoms with Gasteiger partial charge >= 0.3 is 6.03 Å². The predicted molar refractivity (Wildman–Crippen MR) is 119 cm³/mol. The van der Waals surface area contributed by atoms with Gasteiger partial charge in [0.2, 0.25) is 11.8 Å². The van der Waals surface area contributed by atoms with Crippen LogP contribution in [0.25, 0.3) is 0 Å². The molecule has 0 radical (unpaired) electrons. The van der Waals surface area contributed by atoms with E-state index in [-0.39, 0.29) is 30.3 Å². The number of carbonyl (C=O) groups excluding carboxylic acids is 3. The Balaban J connectivity index is 1.50. The number of benzene rings is 2. The Bertz CT molecular complexity index is 926. The van der Waals surface area contributed by atoms with Crippen molar-refractivity contribution in [3.63, 3.8) is 0 Å². The van der Waals surface area contributed by atoms with Gasteiger partial charge in [-0.25, -0.2) is 4.79 Å². The summed E-state index contributed by atoms with van der Waals surface area (Å²) in [6, 6.07) is 14.3. The normalized spacial score (nSPS) is 15.7. The molecule has 1 aliphatic heterocycles. The van der Waals surface area contributed by atoms with Crippen molar-refractivity contribution < 1.29 is 19.1 Å². The van der Waals surface area contributed by atoms with Gasteiger partial charge in [-0.2, -0.15) is 0 Å². The van der Waals surface area contributed by atoms with Crippen molar-refractivity contribution in [2.75, 3.05) is 23.9 Å². The molecule has 0 aliphatic carbocycles. The fourth-order valence-electron chi connectivity index (χ4n) is 3.36. The molecule has 164 valence electrons. The number of methoxy groups -OCH3 is 1. The topological polar surface area (TPSA) is 99.8 Å². The first-order valence-corrected chi connectivity index (χ1v) is 10.2. The number of urea groups is 1. The van der Waals surface area contributed by atoms with Crippen LogP contribution in [0.2, 0.25) is 0 Å². The number of ether oxygens (including phenoxy) is 1. The maximum absolute atomic E-state index is 12.6. The van der Waals surface area contributed by atoms with Crippen molar-refractivity contribution in [3.8, 4) is 5.75 Å². The molecule has 1 fully saturated rings. The molecule has 3 rings (SSSR count). The summed E-state index contributed by atoms with van der Waals surface area (Å²) in [5.74, 6) is 0.102. The molecule has 1 aliphatic rings. The second-order valence-electron chi connectivity index (χ2n) is 7.77. The molecule has 0 bridgehead atoms. The number of carbonyl (C=O) groups is 3. The predicted octanol–water partition coefficient (Wildman–Crippen LogP) is 2.89. The van der Waals surface area contributed by atoms with Crippen LogP contribution >= 0.6 is 0 Å². The average molecular weight is 425 g/mol. The maximum Gasteiger partial charge on any atom is 0.319 e. The number of nitrogens with zero attached hydrogens (tertiary/aromatic N) is 1. The van der Waals surface area contributed by atoms with Crippen LogP contribution in [0.15, 0.2) is 48.5 Å². The highest BCUT2D eigenvalue weighted by molar-refractivity contribution is 6.00. The summed E-state index contributed by atoms with van der Waals surface area (Å²) < 4.78 is 5.14. The molecule has 4 amide bonds. The lowest BCUT2D eigenvalue weighted by Crippen LogP contribution is -2.34. The second-order valence-corrected chi connectivity index (χ2v) is 7.77. The minimum Gasteiger partial charge on any atom is -0.497 e. The highest BCUT2D eigenvalue weighted by Gasteiger charge is 2.35. The third-order valence-corrected chi connectivity index (χ3v) is 4.98. The minimum atomic E-state index is -0.393. The lowest BCUT2D eigenvalue weighted by atomic mass is 10.1. The first-order valence-electron chi connectivity index (χ1n) is 10.2.